The Labute approximate surface area is 79.8 Å². The normalized spacial score (nSPS) is 10.1. The van der Waals surface area contributed by atoms with Gasteiger partial charge in [0.05, 0.1) is 0 Å². The molecule has 0 radical (unpaired) electrons. The number of hydrazine groups is 1. The SMILES string of the molecule is NNc1n[nH]c(-c2cccc(O)c2)n1. The highest BCUT2D eigenvalue weighted by Gasteiger charge is 2.04. The summed E-state index contributed by atoms with van der Waals surface area (Å²) < 4.78 is 0. The number of anilines is 1. The first kappa shape index (κ1) is 8.52. The standard InChI is InChI=1S/C8H9N5O/c9-11-8-10-7(12-13-8)5-2-1-3-6(14)4-5/h1-4,14H,9H2,(H2,10,11,12,13). The van der Waals surface area contributed by atoms with Crippen molar-refractivity contribution in [2.24, 2.45) is 5.84 Å². The molecular weight excluding hydrogens is 182 g/mol. The number of hydrogen-bond donors (Lipinski definition) is 4. The van der Waals surface area contributed by atoms with E-state index in [9.17, 15) is 5.11 Å². The third-order valence-corrected chi connectivity index (χ3v) is 1.73. The van der Waals surface area contributed by atoms with E-state index in [1.807, 2.05) is 0 Å². The minimum atomic E-state index is 0.182. The molecule has 1 aromatic heterocycles. The molecule has 6 nitrogen and oxygen atoms in total. The van der Waals surface area contributed by atoms with Crippen LogP contribution in [-0.4, -0.2) is 20.3 Å². The van der Waals surface area contributed by atoms with Gasteiger partial charge in [-0.3, -0.25) is 10.5 Å². The Bertz CT molecular complexity index is 439. The summed E-state index contributed by atoms with van der Waals surface area (Å²) in [5, 5.41) is 15.7. The topological polar surface area (TPSA) is 99.8 Å². The molecule has 0 spiro atoms. The number of benzene rings is 1. The van der Waals surface area contributed by atoms with Crippen LogP contribution in [0.4, 0.5) is 5.95 Å². The third-order valence-electron chi connectivity index (χ3n) is 1.73. The number of phenolic OH excluding ortho intramolecular Hbond substituents is 1. The summed E-state index contributed by atoms with van der Waals surface area (Å²) in [5.74, 6) is 6.17. The van der Waals surface area contributed by atoms with E-state index >= 15 is 0 Å². The first-order valence-electron chi connectivity index (χ1n) is 3.98. The summed E-state index contributed by atoms with van der Waals surface area (Å²) >= 11 is 0. The first-order valence-corrected chi connectivity index (χ1v) is 3.98. The highest BCUT2D eigenvalue weighted by molar-refractivity contribution is 5.58. The predicted octanol–water partition coefficient (Wildman–Crippen LogP) is 0.463. The van der Waals surface area contributed by atoms with Gasteiger partial charge < -0.3 is 5.11 Å². The van der Waals surface area contributed by atoms with Crippen molar-refractivity contribution < 1.29 is 5.11 Å². The monoisotopic (exact) mass is 191 g/mol. The maximum atomic E-state index is 9.24. The molecule has 0 saturated heterocycles. The zero-order valence-electron chi connectivity index (χ0n) is 7.23. The molecule has 6 heteroatoms. The zero-order chi connectivity index (χ0) is 9.97. The third kappa shape index (κ3) is 1.50. The molecule has 72 valence electrons. The largest absolute Gasteiger partial charge is 0.508 e. The van der Waals surface area contributed by atoms with Gasteiger partial charge in [-0.15, -0.1) is 5.10 Å². The van der Waals surface area contributed by atoms with Crippen LogP contribution >= 0.6 is 0 Å². The van der Waals surface area contributed by atoms with Crippen LogP contribution in [0.25, 0.3) is 11.4 Å². The molecule has 1 heterocycles. The number of aromatic hydroxyl groups is 1. The number of phenols is 1. The summed E-state index contributed by atoms with van der Waals surface area (Å²) in [6.45, 7) is 0. The van der Waals surface area contributed by atoms with E-state index in [1.54, 1.807) is 24.3 Å². The lowest BCUT2D eigenvalue weighted by atomic mass is 10.2. The molecule has 0 atom stereocenters. The second-order valence-corrected chi connectivity index (χ2v) is 2.70. The summed E-state index contributed by atoms with van der Waals surface area (Å²) in [5.41, 5.74) is 3.06. The smallest absolute Gasteiger partial charge is 0.256 e. The lowest BCUT2D eigenvalue weighted by Crippen LogP contribution is -2.07. The average molecular weight is 191 g/mol. The number of aromatic nitrogens is 3. The molecule has 0 fully saturated rings. The molecule has 2 aromatic rings. The molecule has 0 aliphatic rings. The Morgan fingerprint density at radius 2 is 2.29 bits per heavy atom. The molecule has 0 aliphatic carbocycles. The number of hydrogen-bond acceptors (Lipinski definition) is 5. The Hall–Kier alpha value is -2.08. The van der Waals surface area contributed by atoms with Crippen molar-refractivity contribution in [2.45, 2.75) is 0 Å². The van der Waals surface area contributed by atoms with Crippen LogP contribution in [0.3, 0.4) is 0 Å². The van der Waals surface area contributed by atoms with Crippen LogP contribution in [0.1, 0.15) is 0 Å². The lowest BCUT2D eigenvalue weighted by molar-refractivity contribution is 0.475. The van der Waals surface area contributed by atoms with Gasteiger partial charge in [-0.25, -0.2) is 5.84 Å². The molecular formula is C8H9N5O. The molecule has 0 bridgehead atoms. The first-order chi connectivity index (χ1) is 6.79. The van der Waals surface area contributed by atoms with Gasteiger partial charge in [0.15, 0.2) is 5.82 Å². The van der Waals surface area contributed by atoms with Gasteiger partial charge in [-0.1, -0.05) is 12.1 Å². The molecule has 0 amide bonds. The van der Waals surface area contributed by atoms with E-state index in [-0.39, 0.29) is 5.75 Å². The van der Waals surface area contributed by atoms with E-state index in [0.717, 1.165) is 5.56 Å². The molecule has 1 aromatic carbocycles. The van der Waals surface area contributed by atoms with Gasteiger partial charge in [0.2, 0.25) is 0 Å². The minimum absolute atomic E-state index is 0.182. The summed E-state index contributed by atoms with van der Waals surface area (Å²) in [7, 11) is 0. The van der Waals surface area contributed by atoms with Crippen molar-refractivity contribution in [3.8, 4) is 17.1 Å². The number of nitrogens with one attached hydrogen (secondary N) is 2. The number of rotatable bonds is 2. The average Bonchev–Trinajstić information content (AvgIpc) is 2.66. The van der Waals surface area contributed by atoms with Gasteiger partial charge in [0, 0.05) is 5.56 Å². The van der Waals surface area contributed by atoms with Crippen molar-refractivity contribution in [3.63, 3.8) is 0 Å². The summed E-state index contributed by atoms with van der Waals surface area (Å²) in [6.07, 6.45) is 0. The van der Waals surface area contributed by atoms with Crippen molar-refractivity contribution >= 4 is 5.95 Å². The molecule has 5 N–H and O–H groups in total. The van der Waals surface area contributed by atoms with Gasteiger partial charge in [0.1, 0.15) is 5.75 Å². The molecule has 0 saturated carbocycles. The van der Waals surface area contributed by atoms with E-state index < -0.39 is 0 Å². The fourth-order valence-electron chi connectivity index (χ4n) is 1.11. The lowest BCUT2D eigenvalue weighted by Gasteiger charge is -1.95. The van der Waals surface area contributed by atoms with E-state index in [2.05, 4.69) is 20.6 Å². The van der Waals surface area contributed by atoms with Gasteiger partial charge in [0.25, 0.3) is 5.95 Å². The van der Waals surface area contributed by atoms with Crippen LogP contribution < -0.4 is 11.3 Å². The van der Waals surface area contributed by atoms with Crippen LogP contribution in [0, 0.1) is 0 Å². The molecule has 14 heavy (non-hydrogen) atoms. The second kappa shape index (κ2) is 3.35. The number of aromatic amines is 1. The van der Waals surface area contributed by atoms with Gasteiger partial charge in [-0.05, 0) is 12.1 Å². The fraction of sp³-hybridized carbons (Fsp3) is 0. The van der Waals surface area contributed by atoms with Crippen molar-refractivity contribution in [3.05, 3.63) is 24.3 Å². The molecule has 2 rings (SSSR count). The Balaban J connectivity index is 2.39. The maximum Gasteiger partial charge on any atom is 0.256 e. The quantitative estimate of drug-likeness (QED) is 0.408. The molecule has 0 unspecified atom stereocenters. The van der Waals surface area contributed by atoms with E-state index in [4.69, 9.17) is 5.84 Å². The number of nitrogen functional groups attached to an aromatic ring is 1. The number of H-pyrrole nitrogens is 1. The Morgan fingerprint density at radius 1 is 1.43 bits per heavy atom. The van der Waals surface area contributed by atoms with Crippen molar-refractivity contribution in [1.29, 1.82) is 0 Å². The summed E-state index contributed by atoms with van der Waals surface area (Å²) in [4.78, 5) is 4.03. The number of nitrogens with zero attached hydrogens (tertiary/aromatic N) is 2. The predicted molar refractivity (Wildman–Crippen MR) is 51.3 cm³/mol. The van der Waals surface area contributed by atoms with Gasteiger partial charge in [-0.2, -0.15) is 4.98 Å². The second-order valence-electron chi connectivity index (χ2n) is 2.70. The van der Waals surface area contributed by atoms with Gasteiger partial charge >= 0.3 is 0 Å². The summed E-state index contributed by atoms with van der Waals surface area (Å²) in [6, 6.07) is 6.70. The van der Waals surface area contributed by atoms with E-state index in [0.29, 0.717) is 11.8 Å². The van der Waals surface area contributed by atoms with Crippen molar-refractivity contribution in [1.82, 2.24) is 15.2 Å². The van der Waals surface area contributed by atoms with Crippen LogP contribution in [0.5, 0.6) is 5.75 Å². The van der Waals surface area contributed by atoms with Crippen LogP contribution in [0.2, 0.25) is 0 Å². The fourth-order valence-corrected chi connectivity index (χ4v) is 1.11. The Kier molecular flexibility index (Phi) is 2.04. The van der Waals surface area contributed by atoms with Crippen LogP contribution in [0.15, 0.2) is 24.3 Å². The Morgan fingerprint density at radius 3 is 2.93 bits per heavy atom. The molecule has 0 aliphatic heterocycles. The van der Waals surface area contributed by atoms with Crippen LogP contribution in [-0.2, 0) is 0 Å². The highest BCUT2D eigenvalue weighted by atomic mass is 16.3. The van der Waals surface area contributed by atoms with E-state index in [1.165, 1.54) is 0 Å². The highest BCUT2D eigenvalue weighted by Crippen LogP contribution is 2.19. The number of nitrogens with two attached hydrogens (primary N) is 1. The minimum Gasteiger partial charge on any atom is -0.508 e. The van der Waals surface area contributed by atoms with Crippen molar-refractivity contribution in [2.75, 3.05) is 5.43 Å². The maximum absolute atomic E-state index is 9.24. The zero-order valence-corrected chi connectivity index (χ0v) is 7.23.